The van der Waals surface area contributed by atoms with Crippen molar-refractivity contribution in [1.29, 1.82) is 0 Å². The summed E-state index contributed by atoms with van der Waals surface area (Å²) >= 11 is 6.12. The zero-order chi connectivity index (χ0) is 20.4. The number of ether oxygens (including phenoxy) is 3. The Kier molecular flexibility index (Phi) is 8.37. The van der Waals surface area contributed by atoms with Crippen molar-refractivity contribution in [3.63, 3.8) is 0 Å². The predicted molar refractivity (Wildman–Crippen MR) is 108 cm³/mol. The second-order valence-electron chi connectivity index (χ2n) is 5.76. The minimum absolute atomic E-state index is 0.343. The lowest BCUT2D eigenvalue weighted by molar-refractivity contribution is -0.143. The van der Waals surface area contributed by atoms with E-state index in [9.17, 15) is 9.59 Å². The molecule has 0 bridgehead atoms. The van der Waals surface area contributed by atoms with Gasteiger partial charge in [-0.25, -0.2) is 4.79 Å². The summed E-state index contributed by atoms with van der Waals surface area (Å²) in [7, 11) is 2.98. The summed E-state index contributed by atoms with van der Waals surface area (Å²) < 4.78 is 15.3. The van der Waals surface area contributed by atoms with Gasteiger partial charge in [0.15, 0.2) is 18.1 Å². The van der Waals surface area contributed by atoms with Gasteiger partial charge in [0.2, 0.25) is 0 Å². The minimum atomic E-state index is -0.635. The third-order valence-electron chi connectivity index (χ3n) is 3.79. The van der Waals surface area contributed by atoms with Crippen LogP contribution >= 0.6 is 11.6 Å². The Labute approximate surface area is 169 Å². The molecule has 0 fully saturated rings. The van der Waals surface area contributed by atoms with E-state index in [1.165, 1.54) is 26.4 Å². The number of esters is 1. The lowest BCUT2D eigenvalue weighted by atomic mass is 10.1. The summed E-state index contributed by atoms with van der Waals surface area (Å²) in [6, 6.07) is 13.1. The lowest BCUT2D eigenvalue weighted by Crippen LogP contribution is -2.30. The number of halogens is 1. The lowest BCUT2D eigenvalue weighted by Gasteiger charge is -2.10. The zero-order valence-electron chi connectivity index (χ0n) is 15.7. The van der Waals surface area contributed by atoms with E-state index in [1.54, 1.807) is 12.1 Å². The molecule has 0 radical (unpaired) electrons. The summed E-state index contributed by atoms with van der Waals surface area (Å²) in [6.45, 7) is 0.130. The summed E-state index contributed by atoms with van der Waals surface area (Å²) in [5, 5.41) is 3.06. The zero-order valence-corrected chi connectivity index (χ0v) is 16.5. The fourth-order valence-corrected chi connectivity index (χ4v) is 2.72. The van der Waals surface area contributed by atoms with Gasteiger partial charge < -0.3 is 19.5 Å². The standard InChI is InChI=1S/C21H22ClNO5/c1-26-18-13-16(12-17(22)21(18)27-2)8-9-20(25)28-14-19(24)23-11-10-15-6-4-3-5-7-15/h3-9,12-13H,10-11,14H2,1-2H3,(H,23,24)/b9-8+. The van der Waals surface area contributed by atoms with E-state index in [1.807, 2.05) is 30.3 Å². The number of rotatable bonds is 9. The van der Waals surface area contributed by atoms with Crippen molar-refractivity contribution in [2.75, 3.05) is 27.4 Å². The molecular weight excluding hydrogens is 382 g/mol. The molecule has 6 nitrogen and oxygen atoms in total. The number of methoxy groups -OCH3 is 2. The molecule has 7 heteroatoms. The fraction of sp³-hybridized carbons (Fsp3) is 0.238. The first kappa shape index (κ1) is 21.3. The third kappa shape index (κ3) is 6.63. The SMILES string of the molecule is COc1cc(/C=C/C(=O)OCC(=O)NCCc2ccccc2)cc(Cl)c1OC. The van der Waals surface area contributed by atoms with Crippen molar-refractivity contribution in [3.8, 4) is 11.5 Å². The number of carbonyl (C=O) groups is 2. The van der Waals surface area contributed by atoms with Gasteiger partial charge >= 0.3 is 5.97 Å². The molecular formula is C21H22ClNO5. The quantitative estimate of drug-likeness (QED) is 0.513. The molecule has 0 spiro atoms. The molecule has 0 aromatic heterocycles. The van der Waals surface area contributed by atoms with Crippen LogP contribution < -0.4 is 14.8 Å². The van der Waals surface area contributed by atoms with E-state index < -0.39 is 5.97 Å². The smallest absolute Gasteiger partial charge is 0.331 e. The van der Waals surface area contributed by atoms with Gasteiger partial charge in [-0.1, -0.05) is 41.9 Å². The Morgan fingerprint density at radius 2 is 1.86 bits per heavy atom. The molecule has 2 aromatic carbocycles. The van der Waals surface area contributed by atoms with Crippen molar-refractivity contribution in [2.45, 2.75) is 6.42 Å². The molecule has 0 atom stereocenters. The first-order valence-corrected chi connectivity index (χ1v) is 8.98. The second kappa shape index (κ2) is 11.0. The van der Waals surface area contributed by atoms with Crippen LogP contribution in [0.2, 0.25) is 5.02 Å². The van der Waals surface area contributed by atoms with Crippen molar-refractivity contribution in [3.05, 3.63) is 64.7 Å². The second-order valence-corrected chi connectivity index (χ2v) is 6.17. The molecule has 0 aliphatic carbocycles. The highest BCUT2D eigenvalue weighted by Gasteiger charge is 2.10. The van der Waals surface area contributed by atoms with Gasteiger partial charge in [-0.3, -0.25) is 4.79 Å². The number of amides is 1. The molecule has 0 aliphatic rings. The summed E-state index contributed by atoms with van der Waals surface area (Å²) in [5.74, 6) is -0.132. The predicted octanol–water partition coefficient (Wildman–Crippen LogP) is 3.27. The molecule has 2 aromatic rings. The Bertz CT molecular complexity index is 836. The average Bonchev–Trinajstić information content (AvgIpc) is 2.71. The van der Waals surface area contributed by atoms with Gasteiger partial charge in [-0.15, -0.1) is 0 Å². The third-order valence-corrected chi connectivity index (χ3v) is 4.07. The van der Waals surface area contributed by atoms with E-state index in [4.69, 9.17) is 25.8 Å². The van der Waals surface area contributed by atoms with Gasteiger partial charge in [0.25, 0.3) is 5.91 Å². The first-order valence-electron chi connectivity index (χ1n) is 8.60. The number of hydrogen-bond donors (Lipinski definition) is 1. The first-order chi connectivity index (χ1) is 13.5. The molecule has 148 valence electrons. The molecule has 1 N–H and O–H groups in total. The monoisotopic (exact) mass is 403 g/mol. The molecule has 28 heavy (non-hydrogen) atoms. The van der Waals surface area contributed by atoms with Crippen LogP contribution in [0.4, 0.5) is 0 Å². The largest absolute Gasteiger partial charge is 0.493 e. The Morgan fingerprint density at radius 1 is 1.11 bits per heavy atom. The number of hydrogen-bond acceptors (Lipinski definition) is 5. The molecule has 2 rings (SSSR count). The Morgan fingerprint density at radius 3 is 2.54 bits per heavy atom. The van der Waals surface area contributed by atoms with Crippen LogP contribution in [0.25, 0.3) is 6.08 Å². The van der Waals surface area contributed by atoms with Crippen molar-refractivity contribution in [1.82, 2.24) is 5.32 Å². The summed E-state index contributed by atoms with van der Waals surface area (Å²) in [6.07, 6.45) is 3.44. The van der Waals surface area contributed by atoms with Crippen molar-refractivity contribution in [2.24, 2.45) is 0 Å². The van der Waals surface area contributed by atoms with E-state index in [0.29, 0.717) is 35.1 Å². The minimum Gasteiger partial charge on any atom is -0.493 e. The van der Waals surface area contributed by atoms with Crippen LogP contribution in [0.15, 0.2) is 48.5 Å². The van der Waals surface area contributed by atoms with Crippen LogP contribution in [-0.4, -0.2) is 39.2 Å². The maximum absolute atomic E-state index is 11.8. The summed E-state index contributed by atoms with van der Waals surface area (Å²) in [4.78, 5) is 23.6. The van der Waals surface area contributed by atoms with Crippen LogP contribution in [0, 0.1) is 0 Å². The van der Waals surface area contributed by atoms with Gasteiger partial charge in [0, 0.05) is 12.6 Å². The number of carbonyl (C=O) groups excluding carboxylic acids is 2. The molecule has 0 heterocycles. The Balaban J connectivity index is 1.78. The van der Waals surface area contributed by atoms with Crippen LogP contribution in [-0.2, 0) is 20.7 Å². The van der Waals surface area contributed by atoms with E-state index in [0.717, 1.165) is 5.56 Å². The topological polar surface area (TPSA) is 73.9 Å². The highest BCUT2D eigenvalue weighted by Crippen LogP contribution is 2.36. The molecule has 0 saturated heterocycles. The Hall–Kier alpha value is -2.99. The summed E-state index contributed by atoms with van der Waals surface area (Å²) in [5.41, 5.74) is 1.75. The highest BCUT2D eigenvalue weighted by atomic mass is 35.5. The van der Waals surface area contributed by atoms with Crippen molar-refractivity contribution >= 4 is 29.6 Å². The maximum atomic E-state index is 11.8. The molecule has 1 amide bonds. The normalized spacial score (nSPS) is 10.5. The van der Waals surface area contributed by atoms with E-state index in [2.05, 4.69) is 5.32 Å². The maximum Gasteiger partial charge on any atom is 0.331 e. The van der Waals surface area contributed by atoms with E-state index in [-0.39, 0.29) is 12.5 Å². The fourth-order valence-electron chi connectivity index (χ4n) is 2.43. The van der Waals surface area contributed by atoms with Crippen LogP contribution in [0.1, 0.15) is 11.1 Å². The van der Waals surface area contributed by atoms with Crippen LogP contribution in [0.3, 0.4) is 0 Å². The van der Waals surface area contributed by atoms with Gasteiger partial charge in [-0.2, -0.15) is 0 Å². The van der Waals surface area contributed by atoms with Gasteiger partial charge in [-0.05, 0) is 35.8 Å². The van der Waals surface area contributed by atoms with Crippen LogP contribution in [0.5, 0.6) is 11.5 Å². The van der Waals surface area contributed by atoms with E-state index >= 15 is 0 Å². The van der Waals surface area contributed by atoms with Gasteiger partial charge in [0.1, 0.15) is 0 Å². The number of nitrogens with one attached hydrogen (secondary N) is 1. The highest BCUT2D eigenvalue weighted by molar-refractivity contribution is 6.32. The molecule has 0 aliphatic heterocycles. The number of benzene rings is 2. The van der Waals surface area contributed by atoms with Crippen molar-refractivity contribution < 1.29 is 23.8 Å². The molecule has 0 saturated carbocycles. The average molecular weight is 404 g/mol. The molecule has 0 unspecified atom stereocenters. The van der Waals surface area contributed by atoms with Gasteiger partial charge in [0.05, 0.1) is 19.2 Å².